The SMILES string of the molecule is C#Cc1c(C)c2cc(C(=O)N3CCN(C)CC3)ncc2[nH]c1=O. The molecule has 0 aromatic carbocycles. The lowest BCUT2D eigenvalue weighted by Crippen LogP contribution is -2.47. The minimum atomic E-state index is -0.308. The van der Waals surface area contributed by atoms with E-state index in [1.54, 1.807) is 17.9 Å². The predicted molar refractivity (Wildman–Crippen MR) is 88.4 cm³/mol. The molecule has 1 N–H and O–H groups in total. The molecule has 0 bridgehead atoms. The summed E-state index contributed by atoms with van der Waals surface area (Å²) in [4.78, 5) is 35.4. The number of amides is 1. The van der Waals surface area contributed by atoms with Gasteiger partial charge in [-0.05, 0) is 25.6 Å². The summed E-state index contributed by atoms with van der Waals surface area (Å²) in [5, 5.41) is 0.755. The van der Waals surface area contributed by atoms with Gasteiger partial charge in [-0.3, -0.25) is 9.59 Å². The number of nitrogens with one attached hydrogen (secondary N) is 1. The highest BCUT2D eigenvalue weighted by Gasteiger charge is 2.22. The molecule has 1 saturated heterocycles. The van der Waals surface area contributed by atoms with E-state index in [0.29, 0.717) is 35.4 Å². The first-order chi connectivity index (χ1) is 11.0. The van der Waals surface area contributed by atoms with Gasteiger partial charge in [0.25, 0.3) is 11.5 Å². The number of likely N-dealkylation sites (N-methyl/N-ethyl adjacent to an activating group) is 1. The van der Waals surface area contributed by atoms with Crippen LogP contribution in [0.2, 0.25) is 0 Å². The average Bonchev–Trinajstić information content (AvgIpc) is 2.55. The number of hydrogen-bond donors (Lipinski definition) is 1. The molecule has 2 aromatic heterocycles. The van der Waals surface area contributed by atoms with Crippen molar-refractivity contribution in [2.45, 2.75) is 6.92 Å². The molecule has 1 fully saturated rings. The Bertz CT molecular complexity index is 871. The van der Waals surface area contributed by atoms with Crippen LogP contribution in [0, 0.1) is 19.3 Å². The minimum Gasteiger partial charge on any atom is -0.335 e. The summed E-state index contributed by atoms with van der Waals surface area (Å²) < 4.78 is 0. The molecule has 0 radical (unpaired) electrons. The van der Waals surface area contributed by atoms with Crippen LogP contribution in [0.15, 0.2) is 17.1 Å². The molecular weight excluding hydrogens is 292 g/mol. The van der Waals surface area contributed by atoms with Gasteiger partial charge in [0.2, 0.25) is 0 Å². The van der Waals surface area contributed by atoms with Crippen molar-refractivity contribution < 1.29 is 4.79 Å². The zero-order valence-corrected chi connectivity index (χ0v) is 13.2. The topological polar surface area (TPSA) is 69.3 Å². The van der Waals surface area contributed by atoms with Gasteiger partial charge in [-0.25, -0.2) is 4.98 Å². The fourth-order valence-electron chi connectivity index (χ4n) is 2.82. The van der Waals surface area contributed by atoms with Crippen molar-refractivity contribution in [2.75, 3.05) is 33.2 Å². The summed E-state index contributed by atoms with van der Waals surface area (Å²) in [6.45, 7) is 4.88. The predicted octanol–water partition coefficient (Wildman–Crippen LogP) is 0.600. The van der Waals surface area contributed by atoms with Crippen LogP contribution in [0.3, 0.4) is 0 Å². The molecule has 6 heteroatoms. The minimum absolute atomic E-state index is 0.0899. The lowest BCUT2D eigenvalue weighted by molar-refractivity contribution is 0.0658. The maximum absolute atomic E-state index is 12.6. The van der Waals surface area contributed by atoms with E-state index >= 15 is 0 Å². The normalized spacial score (nSPS) is 15.6. The summed E-state index contributed by atoms with van der Waals surface area (Å²) in [7, 11) is 2.04. The van der Waals surface area contributed by atoms with Crippen molar-refractivity contribution in [1.82, 2.24) is 19.8 Å². The van der Waals surface area contributed by atoms with E-state index in [2.05, 4.69) is 20.8 Å². The van der Waals surface area contributed by atoms with Gasteiger partial charge in [0.1, 0.15) is 5.69 Å². The number of piperazine rings is 1. The summed E-state index contributed by atoms with van der Waals surface area (Å²) >= 11 is 0. The highest BCUT2D eigenvalue weighted by Crippen LogP contribution is 2.18. The maximum Gasteiger partial charge on any atom is 0.272 e. The number of aryl methyl sites for hydroxylation is 1. The smallest absolute Gasteiger partial charge is 0.272 e. The van der Waals surface area contributed by atoms with Gasteiger partial charge in [-0.2, -0.15) is 0 Å². The third kappa shape index (κ3) is 2.71. The first-order valence-electron chi connectivity index (χ1n) is 7.48. The average molecular weight is 310 g/mol. The van der Waals surface area contributed by atoms with Crippen LogP contribution in [-0.4, -0.2) is 58.9 Å². The molecule has 0 saturated carbocycles. The lowest BCUT2D eigenvalue weighted by atomic mass is 10.1. The summed E-state index contributed by atoms with van der Waals surface area (Å²) in [5.41, 5.74) is 1.64. The summed E-state index contributed by atoms with van der Waals surface area (Å²) in [5.74, 6) is 2.32. The zero-order valence-electron chi connectivity index (χ0n) is 13.2. The second-order valence-corrected chi connectivity index (χ2v) is 5.81. The highest BCUT2D eigenvalue weighted by atomic mass is 16.2. The van der Waals surface area contributed by atoms with Gasteiger partial charge in [0, 0.05) is 31.6 Å². The summed E-state index contributed by atoms with van der Waals surface area (Å²) in [6, 6.07) is 1.71. The highest BCUT2D eigenvalue weighted by molar-refractivity contribution is 5.96. The van der Waals surface area contributed by atoms with Crippen LogP contribution in [-0.2, 0) is 0 Å². The Kier molecular flexibility index (Phi) is 3.89. The fourth-order valence-corrected chi connectivity index (χ4v) is 2.82. The Labute approximate surface area is 134 Å². The standard InChI is InChI=1S/C17H18N4O2/c1-4-12-11(2)13-9-14(18-10-15(13)19-16(12)22)17(23)21-7-5-20(3)6-8-21/h1,9-10H,5-8H2,2-3H3,(H,19,22). The van der Waals surface area contributed by atoms with E-state index in [0.717, 1.165) is 18.5 Å². The van der Waals surface area contributed by atoms with Crippen LogP contribution in [0.25, 0.3) is 10.9 Å². The molecule has 0 spiro atoms. The van der Waals surface area contributed by atoms with Crippen LogP contribution < -0.4 is 5.56 Å². The molecule has 23 heavy (non-hydrogen) atoms. The summed E-state index contributed by atoms with van der Waals surface area (Å²) in [6.07, 6.45) is 6.93. The van der Waals surface area contributed by atoms with E-state index in [1.165, 1.54) is 6.20 Å². The second-order valence-electron chi connectivity index (χ2n) is 5.81. The maximum atomic E-state index is 12.6. The zero-order chi connectivity index (χ0) is 16.6. The van der Waals surface area contributed by atoms with E-state index in [9.17, 15) is 9.59 Å². The Morgan fingerprint density at radius 2 is 2.04 bits per heavy atom. The van der Waals surface area contributed by atoms with Crippen LogP contribution in [0.5, 0.6) is 0 Å². The van der Waals surface area contributed by atoms with Crippen molar-refractivity contribution in [3.05, 3.63) is 39.4 Å². The molecule has 1 aliphatic rings. The molecule has 0 atom stereocenters. The largest absolute Gasteiger partial charge is 0.335 e. The van der Waals surface area contributed by atoms with Gasteiger partial charge >= 0.3 is 0 Å². The van der Waals surface area contributed by atoms with Crippen molar-refractivity contribution >= 4 is 16.8 Å². The molecule has 0 unspecified atom stereocenters. The van der Waals surface area contributed by atoms with Crippen molar-refractivity contribution in [3.63, 3.8) is 0 Å². The van der Waals surface area contributed by atoms with E-state index in [-0.39, 0.29) is 11.5 Å². The number of pyridine rings is 2. The number of nitrogens with zero attached hydrogens (tertiary/aromatic N) is 3. The van der Waals surface area contributed by atoms with Crippen molar-refractivity contribution in [2.24, 2.45) is 0 Å². The molecule has 118 valence electrons. The number of H-pyrrole nitrogens is 1. The molecule has 3 rings (SSSR count). The number of carbonyl (C=O) groups is 1. The van der Waals surface area contributed by atoms with Gasteiger partial charge in [-0.1, -0.05) is 5.92 Å². The number of aromatic nitrogens is 2. The molecule has 3 heterocycles. The molecule has 2 aromatic rings. The first-order valence-corrected chi connectivity index (χ1v) is 7.48. The quantitative estimate of drug-likeness (QED) is 0.783. The molecule has 0 aliphatic carbocycles. The lowest BCUT2D eigenvalue weighted by Gasteiger charge is -2.32. The fraction of sp³-hybridized carbons (Fsp3) is 0.353. The van der Waals surface area contributed by atoms with E-state index < -0.39 is 0 Å². The van der Waals surface area contributed by atoms with E-state index in [1.807, 2.05) is 7.05 Å². The molecular formula is C17H18N4O2. The molecule has 1 aliphatic heterocycles. The third-order valence-electron chi connectivity index (χ3n) is 4.31. The number of aromatic amines is 1. The number of rotatable bonds is 1. The second kappa shape index (κ2) is 5.86. The third-order valence-corrected chi connectivity index (χ3v) is 4.31. The Morgan fingerprint density at radius 3 is 2.70 bits per heavy atom. The Hall–Kier alpha value is -2.65. The Balaban J connectivity index is 2.01. The molecule has 1 amide bonds. The van der Waals surface area contributed by atoms with Crippen LogP contribution >= 0.6 is 0 Å². The number of fused-ring (bicyclic) bond motifs is 1. The molecule has 6 nitrogen and oxygen atoms in total. The van der Waals surface area contributed by atoms with Gasteiger partial charge < -0.3 is 14.8 Å². The van der Waals surface area contributed by atoms with Crippen molar-refractivity contribution in [1.29, 1.82) is 0 Å². The van der Waals surface area contributed by atoms with E-state index in [4.69, 9.17) is 6.42 Å². The van der Waals surface area contributed by atoms with Crippen molar-refractivity contribution in [3.8, 4) is 12.3 Å². The van der Waals surface area contributed by atoms with Crippen LogP contribution in [0.1, 0.15) is 21.6 Å². The van der Waals surface area contributed by atoms with Gasteiger partial charge in [0.15, 0.2) is 0 Å². The van der Waals surface area contributed by atoms with Gasteiger partial charge in [-0.15, -0.1) is 6.42 Å². The van der Waals surface area contributed by atoms with Gasteiger partial charge in [0.05, 0.1) is 17.3 Å². The number of carbonyl (C=O) groups excluding carboxylic acids is 1. The number of terminal acetylenes is 1. The Morgan fingerprint density at radius 1 is 1.35 bits per heavy atom. The van der Waals surface area contributed by atoms with Crippen LogP contribution in [0.4, 0.5) is 0 Å². The number of hydrogen-bond acceptors (Lipinski definition) is 4. The monoisotopic (exact) mass is 310 g/mol. The first kappa shape index (κ1) is 15.3.